The van der Waals surface area contributed by atoms with E-state index in [0.29, 0.717) is 5.92 Å². The van der Waals surface area contributed by atoms with Crippen LogP contribution in [0.25, 0.3) is 0 Å². The van der Waals surface area contributed by atoms with E-state index in [1.54, 1.807) is 0 Å². The molecule has 2 nitrogen and oxygen atoms in total. The van der Waals surface area contributed by atoms with Gasteiger partial charge < -0.3 is 10.2 Å². The Bertz CT molecular complexity index is 101. The van der Waals surface area contributed by atoms with Crippen LogP contribution < -0.4 is 0 Å². The normalized spacial score (nSPS) is 40.4. The largest absolute Gasteiger partial charge is 0.396 e. The van der Waals surface area contributed by atoms with Crippen molar-refractivity contribution in [2.24, 2.45) is 17.8 Å². The topological polar surface area (TPSA) is 40.5 Å². The molecule has 2 unspecified atom stereocenters. The second-order valence-electron chi connectivity index (χ2n) is 2.51. The Balaban J connectivity index is 2.34. The van der Waals surface area contributed by atoms with E-state index in [-0.39, 0.29) is 25.0 Å². The van der Waals surface area contributed by atoms with E-state index >= 15 is 0 Å². The van der Waals surface area contributed by atoms with Gasteiger partial charge in [-0.05, 0) is 17.8 Å². The summed E-state index contributed by atoms with van der Waals surface area (Å²) in [6.07, 6.45) is 1.81. The van der Waals surface area contributed by atoms with E-state index in [0.717, 1.165) is 0 Å². The Labute approximate surface area is 54.8 Å². The molecule has 1 fully saturated rings. The Morgan fingerprint density at radius 2 is 1.67 bits per heavy atom. The minimum absolute atomic E-state index is 0.182. The average molecular weight is 128 g/mol. The van der Waals surface area contributed by atoms with E-state index in [9.17, 15) is 0 Å². The van der Waals surface area contributed by atoms with Crippen LogP contribution >= 0.6 is 0 Å². The van der Waals surface area contributed by atoms with Crippen LogP contribution in [0, 0.1) is 17.8 Å². The molecule has 2 atom stereocenters. The molecule has 0 aliphatic heterocycles. The molecule has 1 aliphatic carbocycles. The van der Waals surface area contributed by atoms with Crippen LogP contribution in [0.3, 0.4) is 0 Å². The van der Waals surface area contributed by atoms with Crippen molar-refractivity contribution in [1.29, 1.82) is 0 Å². The molecule has 0 aromatic carbocycles. The summed E-state index contributed by atoms with van der Waals surface area (Å²) in [6.45, 7) is 3.96. The number of aliphatic hydroxyl groups is 2. The predicted molar refractivity (Wildman–Crippen MR) is 34.8 cm³/mol. The highest BCUT2D eigenvalue weighted by molar-refractivity contribution is 5.05. The minimum atomic E-state index is 0.182. The molecule has 9 heavy (non-hydrogen) atoms. The summed E-state index contributed by atoms with van der Waals surface area (Å²) >= 11 is 0. The molecule has 0 aromatic heterocycles. The fourth-order valence-electron chi connectivity index (χ4n) is 1.34. The van der Waals surface area contributed by atoms with Crippen molar-refractivity contribution < 1.29 is 10.2 Å². The molecule has 2 heteroatoms. The van der Waals surface area contributed by atoms with Crippen LogP contribution in [-0.4, -0.2) is 23.4 Å². The highest BCUT2D eigenvalue weighted by Crippen LogP contribution is 2.45. The van der Waals surface area contributed by atoms with E-state index < -0.39 is 0 Å². The second-order valence-corrected chi connectivity index (χ2v) is 2.51. The van der Waals surface area contributed by atoms with Gasteiger partial charge in [0.05, 0.1) is 0 Å². The summed E-state index contributed by atoms with van der Waals surface area (Å²) in [4.78, 5) is 0. The lowest BCUT2D eigenvalue weighted by molar-refractivity contribution is 0.232. The van der Waals surface area contributed by atoms with Crippen LogP contribution in [0.2, 0.25) is 0 Å². The van der Waals surface area contributed by atoms with Crippen molar-refractivity contribution >= 4 is 0 Å². The summed E-state index contributed by atoms with van der Waals surface area (Å²) in [7, 11) is 0. The van der Waals surface area contributed by atoms with Crippen molar-refractivity contribution in [3.8, 4) is 0 Å². The maximum absolute atomic E-state index is 8.65. The Morgan fingerprint density at radius 1 is 1.22 bits per heavy atom. The monoisotopic (exact) mass is 128 g/mol. The van der Waals surface area contributed by atoms with Crippen molar-refractivity contribution in [3.63, 3.8) is 0 Å². The molecular formula is C7H12O2. The van der Waals surface area contributed by atoms with E-state index in [1.807, 2.05) is 6.08 Å². The third kappa shape index (κ3) is 1.00. The van der Waals surface area contributed by atoms with E-state index in [1.165, 1.54) is 0 Å². The first kappa shape index (κ1) is 6.78. The van der Waals surface area contributed by atoms with Crippen LogP contribution in [0.15, 0.2) is 12.7 Å². The molecule has 0 radical (unpaired) electrons. The van der Waals surface area contributed by atoms with Crippen molar-refractivity contribution in [1.82, 2.24) is 0 Å². The number of hydrogen-bond acceptors (Lipinski definition) is 2. The number of rotatable bonds is 3. The van der Waals surface area contributed by atoms with Crippen LogP contribution in [-0.2, 0) is 0 Å². The molecule has 0 bridgehead atoms. The maximum Gasteiger partial charge on any atom is 0.0468 e. The molecule has 1 saturated carbocycles. The Hall–Kier alpha value is -0.340. The van der Waals surface area contributed by atoms with Gasteiger partial charge >= 0.3 is 0 Å². The lowest BCUT2D eigenvalue weighted by Gasteiger charge is -1.84. The Kier molecular flexibility index (Phi) is 1.88. The summed E-state index contributed by atoms with van der Waals surface area (Å²) in [5.74, 6) is 0.931. The molecule has 0 amide bonds. The first-order valence-electron chi connectivity index (χ1n) is 3.19. The second kappa shape index (κ2) is 2.50. The van der Waals surface area contributed by atoms with Crippen molar-refractivity contribution in [2.45, 2.75) is 0 Å². The summed E-state index contributed by atoms with van der Waals surface area (Å²) in [5.41, 5.74) is 0. The number of hydrogen-bond donors (Lipinski definition) is 2. The molecule has 2 N–H and O–H groups in total. The van der Waals surface area contributed by atoms with Gasteiger partial charge in [0.25, 0.3) is 0 Å². The minimum Gasteiger partial charge on any atom is -0.396 e. The molecule has 0 heterocycles. The van der Waals surface area contributed by atoms with Gasteiger partial charge in [-0.2, -0.15) is 0 Å². The van der Waals surface area contributed by atoms with Crippen molar-refractivity contribution in [2.75, 3.05) is 13.2 Å². The smallest absolute Gasteiger partial charge is 0.0468 e. The third-order valence-corrected chi connectivity index (χ3v) is 2.09. The first-order chi connectivity index (χ1) is 4.35. The van der Waals surface area contributed by atoms with Crippen LogP contribution in [0.4, 0.5) is 0 Å². The van der Waals surface area contributed by atoms with Gasteiger partial charge in [-0.3, -0.25) is 0 Å². The molecule has 0 spiro atoms. The van der Waals surface area contributed by atoms with Crippen LogP contribution in [0.5, 0.6) is 0 Å². The highest BCUT2D eigenvalue weighted by atomic mass is 16.3. The molecular weight excluding hydrogens is 116 g/mol. The highest BCUT2D eigenvalue weighted by Gasteiger charge is 2.46. The van der Waals surface area contributed by atoms with Gasteiger partial charge in [-0.15, -0.1) is 6.58 Å². The molecule has 1 aliphatic rings. The standard InChI is InChI=1S/C7H12O2/c1-2-5-6(3-8)7(5)4-9/h2,5-9H,1,3-4H2. The molecule has 1 rings (SSSR count). The fraction of sp³-hybridized carbons (Fsp3) is 0.714. The fourth-order valence-corrected chi connectivity index (χ4v) is 1.34. The van der Waals surface area contributed by atoms with Gasteiger partial charge in [0.1, 0.15) is 0 Å². The zero-order chi connectivity index (χ0) is 6.85. The van der Waals surface area contributed by atoms with Gasteiger partial charge in [0.2, 0.25) is 0 Å². The molecule has 0 aromatic rings. The van der Waals surface area contributed by atoms with Gasteiger partial charge in [-0.1, -0.05) is 6.08 Å². The van der Waals surface area contributed by atoms with E-state index in [2.05, 4.69) is 6.58 Å². The van der Waals surface area contributed by atoms with Gasteiger partial charge in [-0.25, -0.2) is 0 Å². The summed E-state index contributed by atoms with van der Waals surface area (Å²) in [5, 5.41) is 17.3. The SMILES string of the molecule is C=CC1C(CO)C1CO. The van der Waals surface area contributed by atoms with Crippen molar-refractivity contribution in [3.05, 3.63) is 12.7 Å². The predicted octanol–water partition coefficient (Wildman–Crippen LogP) is 0.0192. The van der Waals surface area contributed by atoms with Gasteiger partial charge in [0.15, 0.2) is 0 Å². The quantitative estimate of drug-likeness (QED) is 0.526. The number of aliphatic hydroxyl groups excluding tert-OH is 2. The summed E-state index contributed by atoms with van der Waals surface area (Å²) < 4.78 is 0. The summed E-state index contributed by atoms with van der Waals surface area (Å²) in [6, 6.07) is 0. The van der Waals surface area contributed by atoms with E-state index in [4.69, 9.17) is 10.2 Å². The maximum atomic E-state index is 8.65. The first-order valence-corrected chi connectivity index (χ1v) is 3.19. The number of allylic oxidation sites excluding steroid dienone is 1. The molecule has 52 valence electrons. The zero-order valence-electron chi connectivity index (χ0n) is 5.33. The van der Waals surface area contributed by atoms with Crippen LogP contribution in [0.1, 0.15) is 0 Å². The average Bonchev–Trinajstić information content (AvgIpc) is 2.59. The third-order valence-electron chi connectivity index (χ3n) is 2.09. The zero-order valence-corrected chi connectivity index (χ0v) is 5.33. The lowest BCUT2D eigenvalue weighted by atomic mass is 10.3. The Morgan fingerprint density at radius 3 is 1.78 bits per heavy atom. The molecule has 0 saturated heterocycles. The van der Waals surface area contributed by atoms with Gasteiger partial charge in [0, 0.05) is 13.2 Å². The lowest BCUT2D eigenvalue weighted by Crippen LogP contribution is -1.91.